The average Bonchev–Trinajstić information content (AvgIpc) is 3.32. The van der Waals surface area contributed by atoms with E-state index in [1.807, 2.05) is 54.6 Å². The number of fused-ring (bicyclic) bond motifs is 3. The fourth-order valence-corrected chi connectivity index (χ4v) is 5.78. The van der Waals surface area contributed by atoms with Gasteiger partial charge in [-0.05, 0) is 57.9 Å². The summed E-state index contributed by atoms with van der Waals surface area (Å²) in [5.74, 6) is -0.554. The highest BCUT2D eigenvalue weighted by Crippen LogP contribution is 2.44. The molecule has 4 aromatic rings. The Bertz CT molecular complexity index is 1630. The van der Waals surface area contributed by atoms with E-state index in [1.165, 1.54) is 0 Å². The molecule has 0 radical (unpaired) electrons. The van der Waals surface area contributed by atoms with Crippen molar-refractivity contribution >= 4 is 22.2 Å². The number of alkyl carbamates (subject to hydrolysis) is 1. The fraction of sp³-hybridized carbons (Fsp3) is 0.235. The Morgan fingerprint density at radius 2 is 1.37 bits per heavy atom. The molecule has 0 bridgehead atoms. The maximum absolute atomic E-state index is 12.8. The summed E-state index contributed by atoms with van der Waals surface area (Å²) >= 11 is 0. The van der Waals surface area contributed by atoms with Gasteiger partial charge >= 0.3 is 22.2 Å². The van der Waals surface area contributed by atoms with Crippen molar-refractivity contribution in [2.45, 2.75) is 25.4 Å². The molecule has 9 heteroatoms. The number of hydrogen-bond donors (Lipinski definition) is 1. The van der Waals surface area contributed by atoms with Gasteiger partial charge in [0.15, 0.2) is 0 Å². The van der Waals surface area contributed by atoms with Crippen LogP contribution in [0.5, 0.6) is 5.75 Å². The molecule has 0 fully saturated rings. The molecule has 1 unspecified atom stereocenters. The van der Waals surface area contributed by atoms with Crippen molar-refractivity contribution in [1.82, 2.24) is 5.32 Å². The predicted octanol–water partition coefficient (Wildman–Crippen LogP) is 5.86. The number of ether oxygens (including phenoxy) is 2. The molecule has 1 aliphatic carbocycles. The predicted molar refractivity (Wildman–Crippen MR) is 163 cm³/mol. The monoisotopic (exact) mass is 599 g/mol. The molecule has 1 atom stereocenters. The minimum absolute atomic E-state index is 0.0606. The van der Waals surface area contributed by atoms with E-state index in [9.17, 15) is 18.0 Å². The Morgan fingerprint density at radius 3 is 2.00 bits per heavy atom. The smallest absolute Gasteiger partial charge is 0.407 e. The second kappa shape index (κ2) is 13.6. The molecule has 0 aliphatic heterocycles. The van der Waals surface area contributed by atoms with Gasteiger partial charge in [0.05, 0.1) is 12.7 Å². The quantitative estimate of drug-likeness (QED) is 0.161. The van der Waals surface area contributed by atoms with Gasteiger partial charge in [-0.25, -0.2) is 4.79 Å². The molecule has 1 N–H and O–H groups in total. The highest BCUT2D eigenvalue weighted by Gasteiger charge is 2.29. The lowest BCUT2D eigenvalue weighted by atomic mass is 9.96. The van der Waals surface area contributed by atoms with Crippen LogP contribution in [0.4, 0.5) is 4.79 Å². The largest absolute Gasteiger partial charge is 0.461 e. The van der Waals surface area contributed by atoms with Crippen LogP contribution in [0.1, 0.15) is 34.6 Å². The third-order valence-electron chi connectivity index (χ3n) is 7.27. The SMILES string of the molecule is CS(=O)(=O)Oc1ccc(CC(CNC(=O)OCC2c3ccccc3-c3ccccc32)CC(=O)OCc2ccccc2)cc1. The first-order valence-electron chi connectivity index (χ1n) is 14.0. The summed E-state index contributed by atoms with van der Waals surface area (Å²) < 4.78 is 38.9. The van der Waals surface area contributed by atoms with Crippen molar-refractivity contribution in [3.8, 4) is 16.9 Å². The van der Waals surface area contributed by atoms with E-state index in [1.54, 1.807) is 24.3 Å². The molecule has 0 saturated carbocycles. The molecule has 0 saturated heterocycles. The fourth-order valence-electron chi connectivity index (χ4n) is 5.32. The van der Waals surface area contributed by atoms with Crippen LogP contribution in [0, 0.1) is 5.92 Å². The van der Waals surface area contributed by atoms with Crippen LogP contribution in [-0.2, 0) is 37.4 Å². The number of amides is 1. The van der Waals surface area contributed by atoms with E-state index >= 15 is 0 Å². The van der Waals surface area contributed by atoms with E-state index in [0.29, 0.717) is 6.42 Å². The number of carbonyl (C=O) groups excluding carboxylic acids is 2. The Morgan fingerprint density at radius 1 is 0.767 bits per heavy atom. The highest BCUT2D eigenvalue weighted by molar-refractivity contribution is 7.86. The summed E-state index contributed by atoms with van der Waals surface area (Å²) in [4.78, 5) is 25.6. The first kappa shape index (κ1) is 29.8. The zero-order valence-electron chi connectivity index (χ0n) is 23.8. The molecule has 0 aromatic heterocycles. The molecule has 1 amide bonds. The van der Waals surface area contributed by atoms with Gasteiger partial charge in [0, 0.05) is 12.5 Å². The van der Waals surface area contributed by atoms with Crippen LogP contribution in [0.15, 0.2) is 103 Å². The topological polar surface area (TPSA) is 108 Å². The maximum Gasteiger partial charge on any atom is 0.407 e. The summed E-state index contributed by atoms with van der Waals surface area (Å²) in [6, 6.07) is 32.2. The number of rotatable bonds is 12. The summed E-state index contributed by atoms with van der Waals surface area (Å²) in [6.07, 6.45) is 0.912. The van der Waals surface area contributed by atoms with Crippen LogP contribution in [0.3, 0.4) is 0 Å². The first-order valence-corrected chi connectivity index (χ1v) is 15.8. The van der Waals surface area contributed by atoms with Crippen LogP contribution >= 0.6 is 0 Å². The molecule has 0 heterocycles. The zero-order chi connectivity index (χ0) is 30.2. The zero-order valence-corrected chi connectivity index (χ0v) is 24.6. The summed E-state index contributed by atoms with van der Waals surface area (Å²) in [6.45, 7) is 0.522. The molecular formula is C34H33NO7S. The molecular weight excluding hydrogens is 566 g/mol. The van der Waals surface area contributed by atoms with Gasteiger partial charge in [-0.3, -0.25) is 4.79 Å². The Balaban J connectivity index is 1.20. The van der Waals surface area contributed by atoms with Crippen molar-refractivity contribution in [2.24, 2.45) is 5.92 Å². The number of carbonyl (C=O) groups is 2. The van der Waals surface area contributed by atoms with Crippen molar-refractivity contribution in [3.05, 3.63) is 125 Å². The Hall–Kier alpha value is -4.63. The third-order valence-corrected chi connectivity index (χ3v) is 7.77. The van der Waals surface area contributed by atoms with Gasteiger partial charge in [0.1, 0.15) is 19.0 Å². The summed E-state index contributed by atoms with van der Waals surface area (Å²) in [5.41, 5.74) is 6.27. The molecule has 222 valence electrons. The number of benzene rings is 4. The minimum atomic E-state index is -3.64. The van der Waals surface area contributed by atoms with E-state index in [4.69, 9.17) is 13.7 Å². The lowest BCUT2D eigenvalue weighted by Gasteiger charge is -2.19. The van der Waals surface area contributed by atoms with Gasteiger partial charge in [0.25, 0.3) is 0 Å². The molecule has 8 nitrogen and oxygen atoms in total. The van der Waals surface area contributed by atoms with Crippen LogP contribution in [0.25, 0.3) is 11.1 Å². The van der Waals surface area contributed by atoms with Gasteiger partial charge in [-0.2, -0.15) is 8.42 Å². The first-order chi connectivity index (χ1) is 20.7. The Kier molecular flexibility index (Phi) is 9.41. The molecule has 1 aliphatic rings. The third kappa shape index (κ3) is 8.23. The van der Waals surface area contributed by atoms with Gasteiger partial charge in [0.2, 0.25) is 0 Å². The van der Waals surface area contributed by atoms with Gasteiger partial charge in [-0.15, -0.1) is 0 Å². The average molecular weight is 600 g/mol. The lowest BCUT2D eigenvalue weighted by molar-refractivity contribution is -0.146. The standard InChI is InChI=1S/C34H33NO7S/c1-43(38,39)42-27-17-15-24(16-18-27)19-26(20-33(36)40-22-25-9-3-2-4-10-25)21-35-34(37)41-23-32-30-13-7-5-11-28(30)29-12-6-8-14-31(29)32/h2-18,26,32H,19-23H2,1H3,(H,35,37). The maximum atomic E-state index is 12.8. The van der Waals surface area contributed by atoms with Crippen LogP contribution in [0.2, 0.25) is 0 Å². The molecule has 43 heavy (non-hydrogen) atoms. The molecule has 5 rings (SSSR count). The Labute approximate surface area is 251 Å². The lowest BCUT2D eigenvalue weighted by Crippen LogP contribution is -2.33. The molecule has 4 aromatic carbocycles. The highest BCUT2D eigenvalue weighted by atomic mass is 32.2. The van der Waals surface area contributed by atoms with Crippen LogP contribution < -0.4 is 9.50 Å². The second-order valence-electron chi connectivity index (χ2n) is 10.6. The van der Waals surface area contributed by atoms with Crippen molar-refractivity contribution in [1.29, 1.82) is 0 Å². The van der Waals surface area contributed by atoms with Crippen LogP contribution in [-0.4, -0.2) is 39.9 Å². The van der Waals surface area contributed by atoms with Crippen molar-refractivity contribution in [3.63, 3.8) is 0 Å². The number of esters is 1. The van der Waals surface area contributed by atoms with Crippen molar-refractivity contribution < 1.29 is 31.7 Å². The minimum Gasteiger partial charge on any atom is -0.461 e. The summed E-state index contributed by atoms with van der Waals surface area (Å²) in [5, 5.41) is 2.82. The number of nitrogens with one attached hydrogen (secondary N) is 1. The molecule has 0 spiro atoms. The van der Waals surface area contributed by atoms with E-state index in [2.05, 4.69) is 29.6 Å². The number of hydrogen-bond acceptors (Lipinski definition) is 7. The summed E-state index contributed by atoms with van der Waals surface area (Å²) in [7, 11) is -3.64. The van der Waals surface area contributed by atoms with E-state index < -0.39 is 16.2 Å². The van der Waals surface area contributed by atoms with Crippen molar-refractivity contribution in [2.75, 3.05) is 19.4 Å². The van der Waals surface area contributed by atoms with Gasteiger partial charge < -0.3 is 19.0 Å². The normalized spacial score (nSPS) is 13.0. The second-order valence-corrected chi connectivity index (χ2v) is 12.1. The van der Waals surface area contributed by atoms with E-state index in [0.717, 1.165) is 39.6 Å². The van der Waals surface area contributed by atoms with E-state index in [-0.39, 0.29) is 49.7 Å². The van der Waals surface area contributed by atoms with Gasteiger partial charge in [-0.1, -0.05) is 91.0 Å².